The number of anilines is 1. The Morgan fingerprint density at radius 1 is 1.27 bits per heavy atom. The molecule has 0 saturated carbocycles. The largest absolute Gasteiger partial charge is 0.465 e. The van der Waals surface area contributed by atoms with Crippen LogP contribution in [0.25, 0.3) is 0 Å². The van der Waals surface area contributed by atoms with Crippen molar-refractivity contribution < 1.29 is 14.8 Å². The number of carboxylic acid groups (broad SMARTS) is 1. The number of hydrogen-bond donors (Lipinski definition) is 1. The van der Waals surface area contributed by atoms with E-state index in [9.17, 15) is 20.0 Å². The van der Waals surface area contributed by atoms with E-state index in [0.29, 0.717) is 19.6 Å². The van der Waals surface area contributed by atoms with E-state index in [1.807, 2.05) is 20.8 Å². The molecule has 22 heavy (non-hydrogen) atoms. The van der Waals surface area contributed by atoms with Gasteiger partial charge in [-0.1, -0.05) is 20.8 Å². The molecule has 0 aliphatic carbocycles. The third-order valence-electron chi connectivity index (χ3n) is 4.05. The van der Waals surface area contributed by atoms with E-state index in [0.717, 1.165) is 5.69 Å². The lowest BCUT2D eigenvalue weighted by Gasteiger charge is -2.46. The van der Waals surface area contributed by atoms with Crippen molar-refractivity contribution in [2.75, 3.05) is 24.5 Å². The van der Waals surface area contributed by atoms with Crippen molar-refractivity contribution in [2.45, 2.75) is 26.8 Å². The summed E-state index contributed by atoms with van der Waals surface area (Å²) in [7, 11) is 0. The van der Waals surface area contributed by atoms with Crippen LogP contribution >= 0.6 is 0 Å². The Labute approximate surface area is 129 Å². The van der Waals surface area contributed by atoms with Crippen LogP contribution in [-0.2, 0) is 0 Å². The molecule has 0 bridgehead atoms. The summed E-state index contributed by atoms with van der Waals surface area (Å²) in [4.78, 5) is 25.3. The zero-order valence-electron chi connectivity index (χ0n) is 13.0. The lowest BCUT2D eigenvalue weighted by molar-refractivity contribution is -0.384. The van der Waals surface area contributed by atoms with Gasteiger partial charge in [0.1, 0.15) is 0 Å². The van der Waals surface area contributed by atoms with Crippen LogP contribution in [0.5, 0.6) is 0 Å². The second-order valence-corrected chi connectivity index (χ2v) is 6.58. The maximum atomic E-state index is 11.4. The number of carbonyl (C=O) groups is 1. The van der Waals surface area contributed by atoms with Crippen molar-refractivity contribution in [2.24, 2.45) is 5.41 Å². The first-order valence-electron chi connectivity index (χ1n) is 7.19. The number of benzene rings is 1. The average molecular weight is 307 g/mol. The molecule has 1 N–H and O–H groups in total. The van der Waals surface area contributed by atoms with Gasteiger partial charge >= 0.3 is 6.09 Å². The van der Waals surface area contributed by atoms with E-state index in [1.165, 1.54) is 17.0 Å². The van der Waals surface area contributed by atoms with Crippen LogP contribution in [0.4, 0.5) is 16.2 Å². The standard InChI is InChI=1S/C15H21N3O4/c1-15(2,3)13-10-16(8-9-17(13)14(19)20)11-4-6-12(7-5-11)18(21)22/h4-7,13H,8-10H2,1-3H3,(H,19,20). The second-order valence-electron chi connectivity index (χ2n) is 6.58. The molecule has 0 spiro atoms. The Hall–Kier alpha value is -2.31. The molecule has 1 saturated heterocycles. The Bertz CT molecular complexity index is 565. The summed E-state index contributed by atoms with van der Waals surface area (Å²) >= 11 is 0. The molecule has 1 aliphatic rings. The first-order valence-corrected chi connectivity index (χ1v) is 7.19. The highest BCUT2D eigenvalue weighted by Gasteiger charge is 2.38. The monoisotopic (exact) mass is 307 g/mol. The maximum Gasteiger partial charge on any atom is 0.407 e. The fourth-order valence-corrected chi connectivity index (χ4v) is 2.77. The number of nitrogens with zero attached hydrogens (tertiary/aromatic N) is 3. The first kappa shape index (κ1) is 16.1. The number of piperazine rings is 1. The number of nitro groups is 1. The topological polar surface area (TPSA) is 86.9 Å². The molecule has 2 rings (SSSR count). The highest BCUT2D eigenvalue weighted by molar-refractivity contribution is 5.66. The minimum Gasteiger partial charge on any atom is -0.465 e. The Morgan fingerprint density at radius 2 is 1.86 bits per heavy atom. The molecular formula is C15H21N3O4. The molecule has 7 nitrogen and oxygen atoms in total. The van der Waals surface area contributed by atoms with Crippen molar-refractivity contribution in [3.63, 3.8) is 0 Å². The van der Waals surface area contributed by atoms with Gasteiger partial charge in [0, 0.05) is 37.5 Å². The molecule has 120 valence electrons. The smallest absolute Gasteiger partial charge is 0.407 e. The van der Waals surface area contributed by atoms with Crippen molar-refractivity contribution >= 4 is 17.5 Å². The normalized spacial score (nSPS) is 19.1. The summed E-state index contributed by atoms with van der Waals surface area (Å²) < 4.78 is 0. The summed E-state index contributed by atoms with van der Waals surface area (Å²) in [5, 5.41) is 20.1. The summed E-state index contributed by atoms with van der Waals surface area (Å²) in [6.07, 6.45) is -0.900. The molecule has 1 aromatic rings. The van der Waals surface area contributed by atoms with Gasteiger partial charge in [0.15, 0.2) is 0 Å². The lowest BCUT2D eigenvalue weighted by Crippen LogP contribution is -2.59. The molecule has 0 radical (unpaired) electrons. The summed E-state index contributed by atoms with van der Waals surface area (Å²) in [6.45, 7) is 7.64. The molecule has 1 aromatic carbocycles. The van der Waals surface area contributed by atoms with Crippen LogP contribution < -0.4 is 4.90 Å². The van der Waals surface area contributed by atoms with Gasteiger partial charge in [-0.3, -0.25) is 10.1 Å². The van der Waals surface area contributed by atoms with E-state index in [4.69, 9.17) is 0 Å². The number of nitro benzene ring substituents is 1. The van der Waals surface area contributed by atoms with Crippen molar-refractivity contribution in [3.8, 4) is 0 Å². The van der Waals surface area contributed by atoms with Gasteiger partial charge in [0.05, 0.1) is 11.0 Å². The van der Waals surface area contributed by atoms with E-state index >= 15 is 0 Å². The predicted octanol–water partition coefficient (Wildman–Crippen LogP) is 2.81. The van der Waals surface area contributed by atoms with Crippen molar-refractivity contribution in [1.82, 2.24) is 4.90 Å². The first-order chi connectivity index (χ1) is 10.2. The van der Waals surface area contributed by atoms with Crippen molar-refractivity contribution in [3.05, 3.63) is 34.4 Å². The fourth-order valence-electron chi connectivity index (χ4n) is 2.77. The van der Waals surface area contributed by atoms with E-state index < -0.39 is 11.0 Å². The van der Waals surface area contributed by atoms with Crippen LogP contribution in [0.3, 0.4) is 0 Å². The molecular weight excluding hydrogens is 286 g/mol. The maximum absolute atomic E-state index is 11.4. The second kappa shape index (κ2) is 5.82. The number of amides is 1. The van der Waals surface area contributed by atoms with Gasteiger partial charge < -0.3 is 14.9 Å². The molecule has 1 heterocycles. The van der Waals surface area contributed by atoms with Crippen LogP contribution in [-0.4, -0.2) is 46.7 Å². The lowest BCUT2D eigenvalue weighted by atomic mass is 9.84. The van der Waals surface area contributed by atoms with Crippen LogP contribution in [0.1, 0.15) is 20.8 Å². The molecule has 1 fully saturated rings. The molecule has 1 atom stereocenters. The Kier molecular flexibility index (Phi) is 4.25. The van der Waals surface area contributed by atoms with E-state index in [-0.39, 0.29) is 17.1 Å². The van der Waals surface area contributed by atoms with Crippen LogP contribution in [0.2, 0.25) is 0 Å². The minimum atomic E-state index is -0.900. The zero-order valence-corrected chi connectivity index (χ0v) is 13.0. The Balaban J connectivity index is 2.20. The minimum absolute atomic E-state index is 0.0558. The molecule has 0 aromatic heterocycles. The summed E-state index contributed by atoms with van der Waals surface area (Å²) in [5.74, 6) is 0. The summed E-state index contributed by atoms with van der Waals surface area (Å²) in [6, 6.07) is 6.26. The highest BCUT2D eigenvalue weighted by atomic mass is 16.6. The van der Waals surface area contributed by atoms with Gasteiger partial charge in [0.25, 0.3) is 5.69 Å². The SMILES string of the molecule is CC(C)(C)C1CN(c2ccc([N+](=O)[O-])cc2)CCN1C(=O)O. The Morgan fingerprint density at radius 3 is 2.32 bits per heavy atom. The quantitative estimate of drug-likeness (QED) is 0.670. The number of non-ortho nitro benzene ring substituents is 1. The van der Waals surface area contributed by atoms with Gasteiger partial charge in [-0.15, -0.1) is 0 Å². The van der Waals surface area contributed by atoms with Crippen LogP contribution in [0.15, 0.2) is 24.3 Å². The van der Waals surface area contributed by atoms with E-state index in [1.54, 1.807) is 12.1 Å². The predicted molar refractivity (Wildman–Crippen MR) is 83.3 cm³/mol. The third-order valence-corrected chi connectivity index (χ3v) is 4.05. The average Bonchev–Trinajstić information content (AvgIpc) is 2.45. The number of hydrogen-bond acceptors (Lipinski definition) is 4. The number of rotatable bonds is 2. The molecule has 7 heteroatoms. The fraction of sp³-hybridized carbons (Fsp3) is 0.533. The molecule has 1 amide bonds. The van der Waals surface area contributed by atoms with Gasteiger partial charge in [0.2, 0.25) is 0 Å². The van der Waals surface area contributed by atoms with Gasteiger partial charge in [-0.25, -0.2) is 4.79 Å². The molecule has 1 aliphatic heterocycles. The third kappa shape index (κ3) is 3.29. The zero-order chi connectivity index (χ0) is 16.5. The molecule has 1 unspecified atom stereocenters. The summed E-state index contributed by atoms with van der Waals surface area (Å²) in [5.41, 5.74) is 0.753. The van der Waals surface area contributed by atoms with Crippen molar-refractivity contribution in [1.29, 1.82) is 0 Å². The van der Waals surface area contributed by atoms with E-state index in [2.05, 4.69) is 4.90 Å². The van der Waals surface area contributed by atoms with Crippen LogP contribution in [0, 0.1) is 15.5 Å². The highest BCUT2D eigenvalue weighted by Crippen LogP contribution is 2.30. The van der Waals surface area contributed by atoms with Gasteiger partial charge in [-0.2, -0.15) is 0 Å². The van der Waals surface area contributed by atoms with Gasteiger partial charge in [-0.05, 0) is 17.5 Å².